The Morgan fingerprint density at radius 2 is 0.566 bits per heavy atom. The van der Waals surface area contributed by atoms with Crippen LogP contribution in [-0.4, -0.2) is 9.13 Å². The molecule has 2 aromatic heterocycles. The molecular weight excluding hydrogens is 917 g/mol. The van der Waals surface area contributed by atoms with Crippen molar-refractivity contribution in [1.82, 2.24) is 9.13 Å². The highest BCUT2D eigenvalue weighted by atomic mass is 15.0. The topological polar surface area (TPSA) is 9.86 Å². The van der Waals surface area contributed by atoms with Gasteiger partial charge in [0.05, 0.1) is 22.1 Å². The van der Waals surface area contributed by atoms with Gasteiger partial charge in [-0.3, -0.25) is 0 Å². The fraction of sp³-hybridized carbons (Fsp3) is 0.108. The Hall–Kier alpha value is -8.98. The zero-order chi connectivity index (χ0) is 51.2. The molecule has 2 heteroatoms. The number of para-hydroxylation sites is 3. The van der Waals surface area contributed by atoms with Crippen LogP contribution >= 0.6 is 0 Å². The lowest BCUT2D eigenvalue weighted by molar-refractivity contribution is 0.660. The summed E-state index contributed by atoms with van der Waals surface area (Å²) in [6, 6.07) is 86.9. The average Bonchev–Trinajstić information content (AvgIpc) is 4.22. The van der Waals surface area contributed by atoms with Gasteiger partial charge in [-0.2, -0.15) is 0 Å². The lowest BCUT2D eigenvalue weighted by Crippen LogP contribution is -2.15. The molecule has 362 valence electrons. The van der Waals surface area contributed by atoms with Gasteiger partial charge >= 0.3 is 0 Å². The second-order valence-electron chi connectivity index (χ2n) is 22.7. The minimum absolute atomic E-state index is 0.162. The molecule has 0 saturated carbocycles. The van der Waals surface area contributed by atoms with Crippen LogP contribution in [0.5, 0.6) is 0 Å². The normalized spacial score (nSPS) is 13.9. The fourth-order valence-corrected chi connectivity index (χ4v) is 13.6. The molecule has 0 radical (unpaired) electrons. The maximum atomic E-state index is 2.47. The molecule has 15 rings (SSSR count). The third kappa shape index (κ3) is 6.59. The zero-order valence-electron chi connectivity index (χ0n) is 43.8. The van der Waals surface area contributed by atoms with Crippen LogP contribution in [0.3, 0.4) is 0 Å². The Morgan fingerprint density at radius 1 is 0.250 bits per heavy atom. The van der Waals surface area contributed by atoms with Crippen molar-refractivity contribution in [2.75, 3.05) is 0 Å². The molecule has 0 aliphatic heterocycles. The standard InChI is InChI=1S/C74H56N2/c1-45-36-46(2)38-56(37-45)76-70-19-13-11-17-62(70)64-40-50(29-35-72(64)76)52-25-31-58-60-33-27-54(44-68(60)74(5,6)66(58)42-52)53-26-32-59-57-30-24-51(41-65(57)73(3,4)67(59)43-53)48-22-20-47(21-23-48)49-28-34-71-63(39-49)61-16-10-12-18-69(61)75(71)55-14-8-7-9-15-55/h7-44H,1-6H3. The minimum Gasteiger partial charge on any atom is -0.309 e. The molecule has 2 aliphatic rings. The molecule has 0 saturated heterocycles. The average molecular weight is 973 g/mol. The van der Waals surface area contributed by atoms with Crippen molar-refractivity contribution in [3.8, 4) is 78.1 Å². The number of aryl methyl sites for hydroxylation is 2. The SMILES string of the molecule is Cc1cc(C)cc(-n2c3ccccc3c3cc(-c4ccc5c(c4)C(C)(C)c4cc(-c6ccc7c(c6)C(C)(C)c6cc(-c8ccc(-c9ccc%10c(c9)c9ccccc9n%10-c9ccccc9)cc8)ccc6-7)ccc4-5)ccc32)c1. The van der Waals surface area contributed by atoms with Crippen LogP contribution in [0.4, 0.5) is 0 Å². The van der Waals surface area contributed by atoms with Crippen LogP contribution in [-0.2, 0) is 10.8 Å². The van der Waals surface area contributed by atoms with Crippen LogP contribution in [0.1, 0.15) is 61.1 Å². The van der Waals surface area contributed by atoms with Crippen molar-refractivity contribution >= 4 is 43.6 Å². The summed E-state index contributed by atoms with van der Waals surface area (Å²) in [5, 5.41) is 5.09. The predicted molar refractivity (Wildman–Crippen MR) is 321 cm³/mol. The number of hydrogen-bond donors (Lipinski definition) is 0. The van der Waals surface area contributed by atoms with E-state index in [9.17, 15) is 0 Å². The van der Waals surface area contributed by atoms with E-state index in [2.05, 4.69) is 281 Å². The molecule has 0 N–H and O–H groups in total. The molecule has 2 heterocycles. The molecule has 0 atom stereocenters. The highest BCUT2D eigenvalue weighted by Crippen LogP contribution is 2.53. The summed E-state index contributed by atoms with van der Waals surface area (Å²) in [7, 11) is 0. The number of nitrogens with zero attached hydrogens (tertiary/aromatic N) is 2. The number of benzene rings is 11. The first kappa shape index (κ1) is 44.5. The van der Waals surface area contributed by atoms with Crippen LogP contribution in [0.2, 0.25) is 0 Å². The van der Waals surface area contributed by atoms with Gasteiger partial charge in [-0.1, -0.05) is 173 Å². The number of fused-ring (bicyclic) bond motifs is 12. The van der Waals surface area contributed by atoms with Gasteiger partial charge in [0.1, 0.15) is 0 Å². The first-order valence-electron chi connectivity index (χ1n) is 26.9. The van der Waals surface area contributed by atoms with E-state index < -0.39 is 0 Å². The van der Waals surface area contributed by atoms with E-state index in [1.54, 1.807) is 0 Å². The van der Waals surface area contributed by atoms with E-state index in [0.717, 1.165) is 0 Å². The van der Waals surface area contributed by atoms with Crippen LogP contribution in [0, 0.1) is 13.8 Å². The van der Waals surface area contributed by atoms with Crippen molar-refractivity contribution in [2.24, 2.45) is 0 Å². The smallest absolute Gasteiger partial charge is 0.0541 e. The van der Waals surface area contributed by atoms with Crippen LogP contribution < -0.4 is 0 Å². The second-order valence-corrected chi connectivity index (χ2v) is 22.7. The molecule has 0 amide bonds. The molecular formula is C74H56N2. The van der Waals surface area contributed by atoms with E-state index in [1.807, 2.05) is 0 Å². The van der Waals surface area contributed by atoms with Crippen molar-refractivity contribution in [2.45, 2.75) is 52.4 Å². The molecule has 0 unspecified atom stereocenters. The molecule has 2 aliphatic carbocycles. The summed E-state index contributed by atoms with van der Waals surface area (Å²) in [4.78, 5) is 0. The maximum Gasteiger partial charge on any atom is 0.0541 e. The molecule has 0 spiro atoms. The van der Waals surface area contributed by atoms with Gasteiger partial charge in [0.2, 0.25) is 0 Å². The first-order valence-corrected chi connectivity index (χ1v) is 26.9. The predicted octanol–water partition coefficient (Wildman–Crippen LogP) is 19.8. The van der Waals surface area contributed by atoms with Gasteiger partial charge in [0.15, 0.2) is 0 Å². The summed E-state index contributed by atoms with van der Waals surface area (Å²) in [5.74, 6) is 0. The van der Waals surface area contributed by atoms with Gasteiger partial charge < -0.3 is 9.13 Å². The Bertz CT molecular complexity index is 4550. The fourth-order valence-electron chi connectivity index (χ4n) is 13.6. The van der Waals surface area contributed by atoms with Gasteiger partial charge in [-0.15, -0.1) is 0 Å². The van der Waals surface area contributed by atoms with Crippen LogP contribution in [0.15, 0.2) is 231 Å². The summed E-state index contributed by atoms with van der Waals surface area (Å²) in [6.45, 7) is 14.0. The Kier molecular flexibility index (Phi) is 9.52. The Morgan fingerprint density at radius 3 is 1.00 bits per heavy atom. The van der Waals surface area contributed by atoms with Gasteiger partial charge in [0.25, 0.3) is 0 Å². The van der Waals surface area contributed by atoms with E-state index in [1.165, 1.54) is 155 Å². The lowest BCUT2D eigenvalue weighted by atomic mass is 9.79. The first-order chi connectivity index (χ1) is 37.0. The third-order valence-corrected chi connectivity index (χ3v) is 17.4. The maximum absolute atomic E-state index is 2.47. The number of aromatic nitrogens is 2. The van der Waals surface area contributed by atoms with E-state index >= 15 is 0 Å². The summed E-state index contributed by atoms with van der Waals surface area (Å²) in [5.41, 5.74) is 30.4. The zero-order valence-corrected chi connectivity index (χ0v) is 43.8. The minimum atomic E-state index is -0.168. The Labute approximate surface area is 444 Å². The van der Waals surface area contributed by atoms with E-state index in [0.29, 0.717) is 0 Å². The van der Waals surface area contributed by atoms with Gasteiger partial charge in [0, 0.05) is 43.7 Å². The summed E-state index contributed by atoms with van der Waals surface area (Å²) in [6.07, 6.45) is 0. The lowest BCUT2D eigenvalue weighted by Gasteiger charge is -2.24. The molecule has 11 aromatic carbocycles. The van der Waals surface area contributed by atoms with Crippen LogP contribution in [0.25, 0.3) is 122 Å². The number of hydrogen-bond acceptors (Lipinski definition) is 0. The van der Waals surface area contributed by atoms with Crippen molar-refractivity contribution in [1.29, 1.82) is 0 Å². The second kappa shape index (κ2) is 16.3. The Balaban J connectivity index is 0.713. The highest BCUT2D eigenvalue weighted by Gasteiger charge is 2.38. The van der Waals surface area contributed by atoms with E-state index in [-0.39, 0.29) is 10.8 Å². The largest absolute Gasteiger partial charge is 0.309 e. The molecule has 0 bridgehead atoms. The van der Waals surface area contributed by atoms with Crippen molar-refractivity contribution in [3.05, 3.63) is 264 Å². The highest BCUT2D eigenvalue weighted by molar-refractivity contribution is 6.12. The monoisotopic (exact) mass is 972 g/mol. The molecule has 13 aromatic rings. The van der Waals surface area contributed by atoms with Crippen molar-refractivity contribution < 1.29 is 0 Å². The van der Waals surface area contributed by atoms with Crippen molar-refractivity contribution in [3.63, 3.8) is 0 Å². The molecule has 76 heavy (non-hydrogen) atoms. The van der Waals surface area contributed by atoms with E-state index in [4.69, 9.17) is 0 Å². The van der Waals surface area contributed by atoms with Gasteiger partial charge in [-0.05, 0) is 199 Å². The quantitative estimate of drug-likeness (QED) is 0.157. The third-order valence-electron chi connectivity index (χ3n) is 17.4. The number of rotatable bonds is 6. The summed E-state index contributed by atoms with van der Waals surface area (Å²) < 4.78 is 4.81. The summed E-state index contributed by atoms with van der Waals surface area (Å²) >= 11 is 0. The van der Waals surface area contributed by atoms with Gasteiger partial charge in [-0.25, -0.2) is 0 Å². The molecule has 2 nitrogen and oxygen atoms in total. The molecule has 0 fully saturated rings.